The number of aromatic nitrogens is 2. The zero-order chi connectivity index (χ0) is 21.2. The summed E-state index contributed by atoms with van der Waals surface area (Å²) >= 11 is 0. The van der Waals surface area contributed by atoms with Gasteiger partial charge in [-0.3, -0.25) is 0 Å². The summed E-state index contributed by atoms with van der Waals surface area (Å²) in [5.74, 6) is 2.47. The van der Waals surface area contributed by atoms with Gasteiger partial charge in [0, 0.05) is 18.5 Å². The van der Waals surface area contributed by atoms with E-state index in [9.17, 15) is 5.11 Å². The van der Waals surface area contributed by atoms with Crippen LogP contribution in [0.15, 0.2) is 72.8 Å². The summed E-state index contributed by atoms with van der Waals surface area (Å²) in [5, 5.41) is 11.4. The van der Waals surface area contributed by atoms with Crippen molar-refractivity contribution in [2.75, 3.05) is 18.0 Å². The Bertz CT molecular complexity index is 1200. The molecule has 0 aliphatic carbocycles. The Labute approximate surface area is 183 Å². The molecule has 0 radical (unpaired) electrons. The normalized spacial score (nSPS) is 14.8. The first kappa shape index (κ1) is 19.6. The zero-order valence-corrected chi connectivity index (χ0v) is 17.8. The van der Waals surface area contributed by atoms with E-state index in [0.717, 1.165) is 49.1 Å². The molecule has 156 valence electrons. The Hall–Kier alpha value is -3.40. The maximum Gasteiger partial charge on any atom is 0.165 e. The number of anilines is 1. The molecule has 3 aromatic carbocycles. The predicted molar refractivity (Wildman–Crippen MR) is 126 cm³/mol. The molecule has 0 amide bonds. The average molecular weight is 410 g/mol. The maximum absolute atomic E-state index is 10.4. The number of benzene rings is 3. The third-order valence-corrected chi connectivity index (χ3v) is 6.26. The smallest absolute Gasteiger partial charge is 0.165 e. The van der Waals surface area contributed by atoms with Gasteiger partial charge in [-0.25, -0.2) is 9.97 Å². The van der Waals surface area contributed by atoms with Gasteiger partial charge in [0.05, 0.1) is 11.1 Å². The Morgan fingerprint density at radius 1 is 0.903 bits per heavy atom. The molecule has 31 heavy (non-hydrogen) atoms. The monoisotopic (exact) mass is 409 g/mol. The molecule has 4 nitrogen and oxygen atoms in total. The molecule has 2 heterocycles. The summed E-state index contributed by atoms with van der Waals surface area (Å²) in [6.07, 6.45) is 3.44. The van der Waals surface area contributed by atoms with Crippen LogP contribution in [0.2, 0.25) is 0 Å². The van der Waals surface area contributed by atoms with Crippen LogP contribution in [0.4, 0.5) is 5.82 Å². The number of fused-ring (bicyclic) bond motifs is 1. The van der Waals surface area contributed by atoms with Gasteiger partial charge in [-0.2, -0.15) is 0 Å². The average Bonchev–Trinajstić information content (AvgIpc) is 2.80. The molecule has 1 fully saturated rings. The molecule has 1 N–H and O–H groups in total. The summed E-state index contributed by atoms with van der Waals surface area (Å²) in [5.41, 5.74) is 4.19. The van der Waals surface area contributed by atoms with E-state index < -0.39 is 0 Å². The summed E-state index contributed by atoms with van der Waals surface area (Å²) in [7, 11) is 0. The van der Waals surface area contributed by atoms with Crippen molar-refractivity contribution in [2.24, 2.45) is 5.92 Å². The summed E-state index contributed by atoms with van der Waals surface area (Å²) in [4.78, 5) is 12.1. The molecular formula is C27H27N3O. The molecule has 1 saturated heterocycles. The molecule has 0 spiro atoms. The van der Waals surface area contributed by atoms with Gasteiger partial charge in [0.2, 0.25) is 0 Å². The van der Waals surface area contributed by atoms with E-state index in [4.69, 9.17) is 9.97 Å². The SMILES string of the molecule is Cc1ccc2c(N3CCC(Cc4ccccc4)CC3)nc(-c3ccccc3O)nc2c1. The van der Waals surface area contributed by atoms with Gasteiger partial charge < -0.3 is 10.0 Å². The molecule has 4 aromatic rings. The number of para-hydroxylation sites is 1. The first-order chi connectivity index (χ1) is 15.2. The molecule has 0 saturated carbocycles. The van der Waals surface area contributed by atoms with Crippen molar-refractivity contribution in [1.29, 1.82) is 0 Å². The highest BCUT2D eigenvalue weighted by Crippen LogP contribution is 2.34. The second-order valence-corrected chi connectivity index (χ2v) is 8.53. The van der Waals surface area contributed by atoms with Crippen molar-refractivity contribution in [1.82, 2.24) is 9.97 Å². The van der Waals surface area contributed by atoms with Crippen LogP contribution in [0.1, 0.15) is 24.0 Å². The predicted octanol–water partition coefficient (Wildman–Crippen LogP) is 5.77. The van der Waals surface area contributed by atoms with Crippen LogP contribution in [0.25, 0.3) is 22.3 Å². The Morgan fingerprint density at radius 3 is 2.42 bits per heavy atom. The van der Waals surface area contributed by atoms with Crippen LogP contribution in [0, 0.1) is 12.8 Å². The van der Waals surface area contributed by atoms with Crippen LogP contribution in [-0.2, 0) is 6.42 Å². The van der Waals surface area contributed by atoms with E-state index in [2.05, 4.69) is 60.4 Å². The fraction of sp³-hybridized carbons (Fsp3) is 0.259. The molecule has 0 bridgehead atoms. The molecule has 4 heteroatoms. The number of nitrogens with zero attached hydrogens (tertiary/aromatic N) is 3. The van der Waals surface area contributed by atoms with Crippen molar-refractivity contribution in [3.63, 3.8) is 0 Å². The van der Waals surface area contributed by atoms with Gasteiger partial charge in [-0.05, 0) is 67.5 Å². The first-order valence-electron chi connectivity index (χ1n) is 11.0. The van der Waals surface area contributed by atoms with Gasteiger partial charge >= 0.3 is 0 Å². The molecular weight excluding hydrogens is 382 g/mol. The maximum atomic E-state index is 10.4. The van der Waals surface area contributed by atoms with Gasteiger partial charge in [-0.1, -0.05) is 48.5 Å². The van der Waals surface area contributed by atoms with Gasteiger partial charge in [0.1, 0.15) is 11.6 Å². The first-order valence-corrected chi connectivity index (χ1v) is 11.0. The molecule has 0 atom stereocenters. The van der Waals surface area contributed by atoms with Crippen LogP contribution >= 0.6 is 0 Å². The Morgan fingerprint density at radius 2 is 1.65 bits per heavy atom. The highest BCUT2D eigenvalue weighted by Gasteiger charge is 2.23. The van der Waals surface area contributed by atoms with Crippen molar-refractivity contribution in [3.8, 4) is 17.1 Å². The van der Waals surface area contributed by atoms with E-state index >= 15 is 0 Å². The molecule has 1 aliphatic rings. The van der Waals surface area contributed by atoms with E-state index in [1.807, 2.05) is 18.2 Å². The van der Waals surface area contributed by atoms with Crippen LogP contribution in [0.3, 0.4) is 0 Å². The Balaban J connectivity index is 1.46. The fourth-order valence-corrected chi connectivity index (χ4v) is 4.54. The minimum absolute atomic E-state index is 0.210. The third kappa shape index (κ3) is 4.11. The highest BCUT2D eigenvalue weighted by atomic mass is 16.3. The van der Waals surface area contributed by atoms with Crippen molar-refractivity contribution < 1.29 is 5.11 Å². The standard InChI is InChI=1S/C27H27N3O/c1-19-11-12-22-24(17-19)28-26(23-9-5-6-10-25(23)31)29-27(22)30-15-13-21(14-16-30)18-20-7-3-2-4-8-20/h2-12,17,21,31H,13-16,18H2,1H3. The van der Waals surface area contributed by atoms with Crippen LogP contribution in [-0.4, -0.2) is 28.2 Å². The quantitative estimate of drug-likeness (QED) is 0.465. The minimum atomic E-state index is 0.210. The number of aryl methyl sites for hydroxylation is 1. The molecule has 1 aliphatic heterocycles. The summed E-state index contributed by atoms with van der Waals surface area (Å²) in [6, 6.07) is 24.4. The van der Waals surface area contributed by atoms with E-state index in [1.165, 1.54) is 11.1 Å². The summed E-state index contributed by atoms with van der Waals surface area (Å²) < 4.78 is 0. The number of phenolic OH excluding ortho intramolecular Hbond substituents is 1. The third-order valence-electron chi connectivity index (χ3n) is 6.26. The number of aromatic hydroxyl groups is 1. The zero-order valence-electron chi connectivity index (χ0n) is 17.8. The number of hydrogen-bond donors (Lipinski definition) is 1. The fourth-order valence-electron chi connectivity index (χ4n) is 4.54. The van der Waals surface area contributed by atoms with Crippen LogP contribution in [0.5, 0.6) is 5.75 Å². The van der Waals surface area contributed by atoms with Crippen molar-refractivity contribution in [2.45, 2.75) is 26.2 Å². The largest absolute Gasteiger partial charge is 0.507 e. The lowest BCUT2D eigenvalue weighted by atomic mass is 9.90. The lowest BCUT2D eigenvalue weighted by molar-refractivity contribution is 0.403. The topological polar surface area (TPSA) is 49.2 Å². The highest BCUT2D eigenvalue weighted by molar-refractivity contribution is 5.91. The van der Waals surface area contributed by atoms with E-state index in [-0.39, 0.29) is 5.75 Å². The minimum Gasteiger partial charge on any atom is -0.507 e. The number of phenols is 1. The summed E-state index contributed by atoms with van der Waals surface area (Å²) in [6.45, 7) is 4.05. The van der Waals surface area contributed by atoms with Crippen molar-refractivity contribution in [3.05, 3.63) is 83.9 Å². The lowest BCUT2D eigenvalue weighted by Gasteiger charge is -2.33. The van der Waals surface area contributed by atoms with Gasteiger partial charge in [-0.15, -0.1) is 0 Å². The van der Waals surface area contributed by atoms with Crippen LogP contribution < -0.4 is 4.90 Å². The van der Waals surface area contributed by atoms with E-state index in [0.29, 0.717) is 17.3 Å². The van der Waals surface area contributed by atoms with Crippen molar-refractivity contribution >= 4 is 16.7 Å². The van der Waals surface area contributed by atoms with E-state index in [1.54, 1.807) is 6.07 Å². The second kappa shape index (κ2) is 8.38. The second-order valence-electron chi connectivity index (χ2n) is 8.53. The van der Waals surface area contributed by atoms with Gasteiger partial charge in [0.25, 0.3) is 0 Å². The number of piperidine rings is 1. The Kier molecular flexibility index (Phi) is 5.29. The van der Waals surface area contributed by atoms with Gasteiger partial charge in [0.15, 0.2) is 5.82 Å². The number of hydrogen-bond acceptors (Lipinski definition) is 4. The molecule has 5 rings (SSSR count). The molecule has 1 aromatic heterocycles. The molecule has 0 unspecified atom stereocenters. The lowest BCUT2D eigenvalue weighted by Crippen LogP contribution is -2.35. The number of rotatable bonds is 4.